The lowest BCUT2D eigenvalue weighted by Crippen LogP contribution is -2.22. The summed E-state index contributed by atoms with van der Waals surface area (Å²) in [5.74, 6) is 1.21. The first-order chi connectivity index (χ1) is 11.5. The molecule has 0 bridgehead atoms. The Bertz CT molecular complexity index is 791. The number of aromatic nitrogens is 2. The van der Waals surface area contributed by atoms with Crippen molar-refractivity contribution < 1.29 is 4.42 Å². The van der Waals surface area contributed by atoms with Crippen LogP contribution in [0.25, 0.3) is 11.5 Å². The highest BCUT2D eigenvalue weighted by Crippen LogP contribution is 2.24. The fourth-order valence-electron chi connectivity index (χ4n) is 2.52. The molecule has 1 heterocycles. The molecule has 4 nitrogen and oxygen atoms in total. The first-order valence-corrected chi connectivity index (χ1v) is 8.19. The van der Waals surface area contributed by atoms with Crippen molar-refractivity contribution in [2.24, 2.45) is 0 Å². The summed E-state index contributed by atoms with van der Waals surface area (Å²) in [7, 11) is 2.07. The van der Waals surface area contributed by atoms with E-state index in [2.05, 4.69) is 67.2 Å². The zero-order valence-corrected chi connectivity index (χ0v) is 14.7. The fourth-order valence-corrected chi connectivity index (χ4v) is 2.52. The summed E-state index contributed by atoms with van der Waals surface area (Å²) in [6.07, 6.45) is 0. The Labute approximate surface area is 143 Å². The minimum atomic E-state index is 0.0537. The zero-order valence-electron chi connectivity index (χ0n) is 14.7. The highest BCUT2D eigenvalue weighted by Gasteiger charge is 2.19. The molecule has 0 radical (unpaired) electrons. The average Bonchev–Trinajstić information content (AvgIpc) is 3.07. The minimum absolute atomic E-state index is 0.0537. The van der Waals surface area contributed by atoms with Gasteiger partial charge in [0, 0.05) is 12.1 Å². The molecule has 0 fully saturated rings. The van der Waals surface area contributed by atoms with E-state index in [1.807, 2.05) is 24.3 Å². The van der Waals surface area contributed by atoms with Crippen molar-refractivity contribution in [2.45, 2.75) is 33.4 Å². The SMILES string of the molecule is Cc1ccc(CN(C)[C@@H](C)c2nnc(-c3ccc(C)cc3)o2)cc1. The lowest BCUT2D eigenvalue weighted by molar-refractivity contribution is 0.218. The molecule has 4 heteroatoms. The third-order valence-electron chi connectivity index (χ3n) is 4.31. The van der Waals surface area contributed by atoms with Crippen LogP contribution in [0, 0.1) is 13.8 Å². The Morgan fingerprint density at radius 3 is 2.12 bits per heavy atom. The molecule has 0 aliphatic carbocycles. The average molecular weight is 321 g/mol. The number of nitrogens with zero attached hydrogens (tertiary/aromatic N) is 3. The van der Waals surface area contributed by atoms with E-state index in [1.165, 1.54) is 16.7 Å². The summed E-state index contributed by atoms with van der Waals surface area (Å²) in [5.41, 5.74) is 4.71. The van der Waals surface area contributed by atoms with Gasteiger partial charge in [0.05, 0.1) is 6.04 Å². The van der Waals surface area contributed by atoms with Crippen LogP contribution in [0.5, 0.6) is 0 Å². The maximum atomic E-state index is 5.89. The molecule has 1 aromatic heterocycles. The molecule has 0 amide bonds. The lowest BCUT2D eigenvalue weighted by atomic mass is 10.1. The number of hydrogen-bond acceptors (Lipinski definition) is 4. The van der Waals surface area contributed by atoms with Crippen LogP contribution in [0.4, 0.5) is 0 Å². The summed E-state index contributed by atoms with van der Waals surface area (Å²) >= 11 is 0. The van der Waals surface area contributed by atoms with E-state index in [0.717, 1.165) is 12.1 Å². The molecule has 0 aliphatic rings. The monoisotopic (exact) mass is 321 g/mol. The molecular formula is C20H23N3O. The van der Waals surface area contributed by atoms with Gasteiger partial charge in [0.15, 0.2) is 0 Å². The molecule has 124 valence electrons. The summed E-state index contributed by atoms with van der Waals surface area (Å²) in [5, 5.41) is 8.43. The van der Waals surface area contributed by atoms with Gasteiger partial charge in [0.25, 0.3) is 0 Å². The van der Waals surface area contributed by atoms with Crippen molar-refractivity contribution in [3.8, 4) is 11.5 Å². The van der Waals surface area contributed by atoms with E-state index in [9.17, 15) is 0 Å². The quantitative estimate of drug-likeness (QED) is 0.691. The molecule has 0 unspecified atom stereocenters. The number of rotatable bonds is 5. The van der Waals surface area contributed by atoms with E-state index >= 15 is 0 Å². The van der Waals surface area contributed by atoms with Crippen LogP contribution in [0.1, 0.15) is 35.5 Å². The Morgan fingerprint density at radius 1 is 0.917 bits per heavy atom. The van der Waals surface area contributed by atoms with Gasteiger partial charge in [-0.3, -0.25) is 4.90 Å². The number of hydrogen-bond donors (Lipinski definition) is 0. The van der Waals surface area contributed by atoms with Crippen LogP contribution in [0.15, 0.2) is 52.9 Å². The van der Waals surface area contributed by atoms with Crippen LogP contribution in [-0.4, -0.2) is 22.1 Å². The van der Waals surface area contributed by atoms with E-state index in [-0.39, 0.29) is 6.04 Å². The van der Waals surface area contributed by atoms with Gasteiger partial charge in [-0.25, -0.2) is 0 Å². The molecular weight excluding hydrogens is 298 g/mol. The summed E-state index contributed by atoms with van der Waals surface area (Å²) in [6, 6.07) is 16.7. The van der Waals surface area contributed by atoms with Gasteiger partial charge in [-0.15, -0.1) is 10.2 Å². The molecule has 2 aromatic carbocycles. The van der Waals surface area contributed by atoms with Crippen molar-refractivity contribution in [1.82, 2.24) is 15.1 Å². The Balaban J connectivity index is 1.71. The van der Waals surface area contributed by atoms with Crippen LogP contribution in [-0.2, 0) is 6.54 Å². The maximum absolute atomic E-state index is 5.89. The van der Waals surface area contributed by atoms with Crippen LogP contribution < -0.4 is 0 Å². The molecule has 24 heavy (non-hydrogen) atoms. The van der Waals surface area contributed by atoms with E-state index in [0.29, 0.717) is 11.8 Å². The molecule has 0 saturated carbocycles. The first kappa shape index (κ1) is 16.4. The van der Waals surface area contributed by atoms with Crippen molar-refractivity contribution >= 4 is 0 Å². The van der Waals surface area contributed by atoms with Crippen LogP contribution in [0.3, 0.4) is 0 Å². The van der Waals surface area contributed by atoms with E-state index in [4.69, 9.17) is 4.42 Å². The van der Waals surface area contributed by atoms with Gasteiger partial charge in [-0.05, 0) is 45.5 Å². The van der Waals surface area contributed by atoms with Gasteiger partial charge < -0.3 is 4.42 Å². The second kappa shape index (κ2) is 6.97. The third kappa shape index (κ3) is 3.71. The molecule has 3 rings (SSSR count). The molecule has 0 saturated heterocycles. The molecule has 3 aromatic rings. The first-order valence-electron chi connectivity index (χ1n) is 8.19. The molecule has 0 aliphatic heterocycles. The molecule has 0 spiro atoms. The summed E-state index contributed by atoms with van der Waals surface area (Å²) in [4.78, 5) is 2.21. The number of benzene rings is 2. The van der Waals surface area contributed by atoms with Gasteiger partial charge in [0.1, 0.15) is 0 Å². The van der Waals surface area contributed by atoms with Gasteiger partial charge in [-0.1, -0.05) is 47.5 Å². The highest BCUT2D eigenvalue weighted by atomic mass is 16.4. The predicted molar refractivity (Wildman–Crippen MR) is 95.5 cm³/mol. The second-order valence-electron chi connectivity index (χ2n) is 6.39. The normalized spacial score (nSPS) is 12.5. The Kier molecular flexibility index (Phi) is 4.76. The zero-order chi connectivity index (χ0) is 17.1. The molecule has 1 atom stereocenters. The summed E-state index contributed by atoms with van der Waals surface area (Å²) < 4.78 is 5.89. The molecule has 0 N–H and O–H groups in total. The van der Waals surface area contributed by atoms with Crippen molar-refractivity contribution in [3.05, 3.63) is 71.1 Å². The van der Waals surface area contributed by atoms with E-state index < -0.39 is 0 Å². The van der Waals surface area contributed by atoms with Gasteiger partial charge >= 0.3 is 0 Å². The standard InChI is InChI=1S/C20H23N3O/c1-14-5-9-17(10-6-14)13-23(4)16(3)19-21-22-20(24-19)18-11-7-15(2)8-12-18/h5-12,16H,13H2,1-4H3/t16-/m0/s1. The fraction of sp³-hybridized carbons (Fsp3) is 0.300. The highest BCUT2D eigenvalue weighted by molar-refractivity contribution is 5.52. The van der Waals surface area contributed by atoms with Crippen LogP contribution >= 0.6 is 0 Å². The van der Waals surface area contributed by atoms with Gasteiger partial charge in [0.2, 0.25) is 11.8 Å². The van der Waals surface area contributed by atoms with Crippen molar-refractivity contribution in [1.29, 1.82) is 0 Å². The van der Waals surface area contributed by atoms with Crippen molar-refractivity contribution in [2.75, 3.05) is 7.05 Å². The smallest absolute Gasteiger partial charge is 0.247 e. The lowest BCUT2D eigenvalue weighted by Gasteiger charge is -2.21. The predicted octanol–water partition coefficient (Wildman–Crippen LogP) is 4.55. The minimum Gasteiger partial charge on any atom is -0.419 e. The topological polar surface area (TPSA) is 42.2 Å². The van der Waals surface area contributed by atoms with Crippen LogP contribution in [0.2, 0.25) is 0 Å². The third-order valence-corrected chi connectivity index (χ3v) is 4.31. The maximum Gasteiger partial charge on any atom is 0.247 e. The Hall–Kier alpha value is -2.46. The second-order valence-corrected chi connectivity index (χ2v) is 6.39. The largest absolute Gasteiger partial charge is 0.419 e. The number of aryl methyl sites for hydroxylation is 2. The Morgan fingerprint density at radius 2 is 1.50 bits per heavy atom. The summed E-state index contributed by atoms with van der Waals surface area (Å²) in [6.45, 7) is 7.08. The van der Waals surface area contributed by atoms with E-state index in [1.54, 1.807) is 0 Å². The van der Waals surface area contributed by atoms with Gasteiger partial charge in [-0.2, -0.15) is 0 Å². The van der Waals surface area contributed by atoms with Crippen molar-refractivity contribution in [3.63, 3.8) is 0 Å².